The van der Waals surface area contributed by atoms with Crippen LogP contribution in [0.25, 0.3) is 11.0 Å². The molecule has 0 bridgehead atoms. The number of rotatable bonds is 5. The second-order valence-corrected chi connectivity index (χ2v) is 8.07. The Hall–Kier alpha value is -2.51. The van der Waals surface area contributed by atoms with Gasteiger partial charge in [0.25, 0.3) is 5.91 Å². The Bertz CT molecular complexity index is 1100. The van der Waals surface area contributed by atoms with E-state index in [1.165, 1.54) is 0 Å². The first kappa shape index (κ1) is 18.8. The highest BCUT2D eigenvalue weighted by Gasteiger charge is 2.42. The van der Waals surface area contributed by atoms with Crippen LogP contribution in [-0.4, -0.2) is 47.9 Å². The SMILES string of the molecule is CN(C)CCCN1C(=O)c2oc3ccc(Br)cc3c(=O)c2[C@H]1c1ccncc1. The molecule has 0 N–H and O–H groups in total. The van der Waals surface area contributed by atoms with E-state index in [2.05, 4.69) is 25.8 Å². The van der Waals surface area contributed by atoms with E-state index >= 15 is 0 Å². The lowest BCUT2D eigenvalue weighted by Gasteiger charge is -2.25. The minimum Gasteiger partial charge on any atom is -0.450 e. The number of carbonyl (C=O) groups excluding carboxylic acids is 1. The molecule has 1 aliphatic rings. The quantitative estimate of drug-likeness (QED) is 0.606. The molecule has 1 atom stereocenters. The minimum absolute atomic E-state index is 0.145. The summed E-state index contributed by atoms with van der Waals surface area (Å²) in [6.45, 7) is 1.38. The van der Waals surface area contributed by atoms with Gasteiger partial charge in [-0.1, -0.05) is 15.9 Å². The van der Waals surface area contributed by atoms with Crippen LogP contribution in [0.4, 0.5) is 0 Å². The molecule has 0 fully saturated rings. The van der Waals surface area contributed by atoms with Crippen LogP contribution in [0.3, 0.4) is 0 Å². The van der Waals surface area contributed by atoms with Crippen molar-refractivity contribution in [2.45, 2.75) is 12.5 Å². The highest BCUT2D eigenvalue weighted by molar-refractivity contribution is 9.10. The summed E-state index contributed by atoms with van der Waals surface area (Å²) in [4.78, 5) is 34.4. The summed E-state index contributed by atoms with van der Waals surface area (Å²) < 4.78 is 6.72. The van der Waals surface area contributed by atoms with Crippen LogP contribution in [0.2, 0.25) is 0 Å². The molecule has 1 aromatic carbocycles. The van der Waals surface area contributed by atoms with Gasteiger partial charge in [0, 0.05) is 23.4 Å². The number of halogens is 1. The molecule has 1 amide bonds. The summed E-state index contributed by atoms with van der Waals surface area (Å²) in [6, 6.07) is 8.47. The Balaban J connectivity index is 1.88. The average molecular weight is 442 g/mol. The van der Waals surface area contributed by atoms with Gasteiger partial charge in [-0.3, -0.25) is 14.6 Å². The third-order valence-corrected chi connectivity index (χ3v) is 5.45. The van der Waals surface area contributed by atoms with Crippen LogP contribution in [0.5, 0.6) is 0 Å². The van der Waals surface area contributed by atoms with Gasteiger partial charge in [0.05, 0.1) is 17.0 Å². The van der Waals surface area contributed by atoms with Gasteiger partial charge in [-0.25, -0.2) is 0 Å². The molecular formula is C21H20BrN3O3. The molecule has 0 aliphatic carbocycles. The zero-order valence-electron chi connectivity index (χ0n) is 15.7. The smallest absolute Gasteiger partial charge is 0.290 e. The Morgan fingerprint density at radius 2 is 1.93 bits per heavy atom. The van der Waals surface area contributed by atoms with Crippen LogP contribution in [-0.2, 0) is 0 Å². The molecule has 1 aliphatic heterocycles. The molecule has 7 heteroatoms. The molecule has 0 saturated carbocycles. The van der Waals surface area contributed by atoms with Crippen molar-refractivity contribution in [2.24, 2.45) is 0 Å². The maximum atomic E-state index is 13.3. The summed E-state index contributed by atoms with van der Waals surface area (Å²) in [5, 5.41) is 0.468. The Morgan fingerprint density at radius 1 is 1.18 bits per heavy atom. The van der Waals surface area contributed by atoms with Crippen LogP contribution in [0.1, 0.15) is 34.1 Å². The molecule has 0 unspecified atom stereocenters. The van der Waals surface area contributed by atoms with E-state index in [1.807, 2.05) is 26.2 Å². The van der Waals surface area contributed by atoms with E-state index in [-0.39, 0.29) is 17.1 Å². The highest BCUT2D eigenvalue weighted by Crippen LogP contribution is 2.38. The molecular weight excluding hydrogens is 422 g/mol. The fourth-order valence-electron chi connectivity index (χ4n) is 3.67. The number of amides is 1. The Labute approximate surface area is 170 Å². The van der Waals surface area contributed by atoms with E-state index in [0.717, 1.165) is 23.0 Å². The van der Waals surface area contributed by atoms with Gasteiger partial charge in [-0.15, -0.1) is 0 Å². The molecule has 6 nitrogen and oxygen atoms in total. The van der Waals surface area contributed by atoms with Crippen molar-refractivity contribution in [3.8, 4) is 0 Å². The molecule has 0 saturated heterocycles. The van der Waals surface area contributed by atoms with Gasteiger partial charge in [-0.2, -0.15) is 0 Å². The number of fused-ring (bicyclic) bond motifs is 2. The zero-order chi connectivity index (χ0) is 19.8. The third kappa shape index (κ3) is 3.25. The topological polar surface area (TPSA) is 66.7 Å². The number of pyridine rings is 1. The van der Waals surface area contributed by atoms with Crippen LogP contribution in [0.15, 0.2) is 56.4 Å². The number of aromatic nitrogens is 1. The van der Waals surface area contributed by atoms with Gasteiger partial charge in [-0.05, 0) is 63.0 Å². The van der Waals surface area contributed by atoms with E-state index in [0.29, 0.717) is 23.1 Å². The first-order chi connectivity index (χ1) is 13.5. The average Bonchev–Trinajstić information content (AvgIpc) is 2.95. The number of nitrogens with zero attached hydrogens (tertiary/aromatic N) is 3. The highest BCUT2D eigenvalue weighted by atomic mass is 79.9. The summed E-state index contributed by atoms with van der Waals surface area (Å²) in [7, 11) is 3.99. The minimum atomic E-state index is -0.465. The van der Waals surface area contributed by atoms with Crippen molar-refractivity contribution < 1.29 is 9.21 Å². The lowest BCUT2D eigenvalue weighted by Crippen LogP contribution is -2.32. The fraction of sp³-hybridized carbons (Fsp3) is 0.286. The number of benzene rings is 1. The molecule has 3 aromatic rings. The molecule has 0 radical (unpaired) electrons. The lowest BCUT2D eigenvalue weighted by atomic mass is 9.99. The van der Waals surface area contributed by atoms with E-state index in [9.17, 15) is 9.59 Å². The van der Waals surface area contributed by atoms with Crippen molar-refractivity contribution >= 4 is 32.8 Å². The molecule has 3 heterocycles. The van der Waals surface area contributed by atoms with Gasteiger partial charge >= 0.3 is 0 Å². The summed E-state index contributed by atoms with van der Waals surface area (Å²) in [5.41, 5.74) is 1.52. The zero-order valence-corrected chi connectivity index (χ0v) is 17.3. The predicted octanol–water partition coefficient (Wildman–Crippen LogP) is 3.45. The van der Waals surface area contributed by atoms with E-state index in [1.54, 1.807) is 35.5 Å². The normalized spacial score (nSPS) is 16.2. The Morgan fingerprint density at radius 3 is 2.64 bits per heavy atom. The maximum absolute atomic E-state index is 13.3. The van der Waals surface area contributed by atoms with E-state index in [4.69, 9.17) is 4.42 Å². The largest absolute Gasteiger partial charge is 0.450 e. The molecule has 144 valence electrons. The number of carbonyl (C=O) groups is 1. The third-order valence-electron chi connectivity index (χ3n) is 4.95. The van der Waals surface area contributed by atoms with Crippen molar-refractivity contribution in [1.29, 1.82) is 0 Å². The van der Waals surface area contributed by atoms with Crippen LogP contribution < -0.4 is 5.43 Å². The van der Waals surface area contributed by atoms with Gasteiger partial charge in [0.2, 0.25) is 5.76 Å². The second-order valence-electron chi connectivity index (χ2n) is 7.15. The van der Waals surface area contributed by atoms with E-state index < -0.39 is 6.04 Å². The van der Waals surface area contributed by atoms with Gasteiger partial charge < -0.3 is 14.2 Å². The molecule has 0 spiro atoms. The first-order valence-electron chi connectivity index (χ1n) is 9.09. The van der Waals surface area contributed by atoms with Crippen molar-refractivity contribution in [3.63, 3.8) is 0 Å². The van der Waals surface area contributed by atoms with Gasteiger partial charge in [0.15, 0.2) is 5.43 Å². The number of hydrogen-bond acceptors (Lipinski definition) is 5. The summed E-state index contributed by atoms with van der Waals surface area (Å²) in [6.07, 6.45) is 4.15. The van der Waals surface area contributed by atoms with Crippen molar-refractivity contribution in [2.75, 3.05) is 27.2 Å². The monoisotopic (exact) mass is 441 g/mol. The first-order valence-corrected chi connectivity index (χ1v) is 9.88. The van der Waals surface area contributed by atoms with Crippen molar-refractivity contribution in [3.05, 3.63) is 74.3 Å². The molecule has 28 heavy (non-hydrogen) atoms. The second kappa shape index (κ2) is 7.48. The fourth-order valence-corrected chi connectivity index (χ4v) is 4.03. The predicted molar refractivity (Wildman–Crippen MR) is 110 cm³/mol. The number of hydrogen-bond donors (Lipinski definition) is 0. The van der Waals surface area contributed by atoms with Crippen molar-refractivity contribution in [1.82, 2.24) is 14.8 Å². The molecule has 2 aromatic heterocycles. The van der Waals surface area contributed by atoms with Gasteiger partial charge in [0.1, 0.15) is 5.58 Å². The Kier molecular flexibility index (Phi) is 5.03. The lowest BCUT2D eigenvalue weighted by molar-refractivity contribution is 0.0722. The van der Waals surface area contributed by atoms with Crippen LogP contribution >= 0.6 is 15.9 Å². The summed E-state index contributed by atoms with van der Waals surface area (Å²) in [5.74, 6) is -0.0935. The standard InChI is InChI=1S/C21H20BrN3O3/c1-24(2)10-3-11-25-18(13-6-8-23-9-7-13)17-19(26)15-12-14(22)4-5-16(15)28-20(17)21(25)27/h4-9,12,18H,3,10-11H2,1-2H3/t18-/m1/s1. The molecule has 4 rings (SSSR count). The van der Waals surface area contributed by atoms with Crippen LogP contribution in [0, 0.1) is 0 Å². The maximum Gasteiger partial charge on any atom is 0.290 e. The summed E-state index contributed by atoms with van der Waals surface area (Å²) >= 11 is 3.41.